The molecule has 0 saturated carbocycles. The minimum atomic E-state index is -0.340. The number of para-hydroxylation sites is 1. The highest BCUT2D eigenvalue weighted by Crippen LogP contribution is 2.44. The van der Waals surface area contributed by atoms with Crippen LogP contribution in [0.1, 0.15) is 43.0 Å². The molecule has 0 spiro atoms. The van der Waals surface area contributed by atoms with Crippen molar-refractivity contribution in [3.05, 3.63) is 75.8 Å². The van der Waals surface area contributed by atoms with Gasteiger partial charge in [0.15, 0.2) is 0 Å². The monoisotopic (exact) mass is 368 g/mol. The number of carbonyl (C=O) groups is 1. The Morgan fingerprint density at radius 3 is 2.26 bits per heavy atom. The van der Waals surface area contributed by atoms with E-state index in [4.69, 9.17) is 0 Å². The second kappa shape index (κ2) is 7.88. The Morgan fingerprint density at radius 2 is 1.67 bits per heavy atom. The SMILES string of the molecule is CC(=O)N[C@@H](c1ccccc1)C(c1ccccc1[N+](=O)[O-])[N+]1(C)CCCC1. The number of quaternary nitrogens is 1. The van der Waals surface area contributed by atoms with E-state index in [9.17, 15) is 14.9 Å². The zero-order chi connectivity index (χ0) is 19.4. The van der Waals surface area contributed by atoms with Gasteiger partial charge in [0.05, 0.1) is 30.6 Å². The molecule has 1 aliphatic rings. The van der Waals surface area contributed by atoms with Crippen molar-refractivity contribution in [1.29, 1.82) is 0 Å². The first-order valence-electron chi connectivity index (χ1n) is 9.32. The molecule has 0 aromatic heterocycles. The molecule has 0 aliphatic carbocycles. The maximum absolute atomic E-state index is 12.0. The number of rotatable bonds is 6. The summed E-state index contributed by atoms with van der Waals surface area (Å²) in [7, 11) is 2.14. The van der Waals surface area contributed by atoms with E-state index >= 15 is 0 Å². The molecule has 1 saturated heterocycles. The van der Waals surface area contributed by atoms with Crippen molar-refractivity contribution in [2.75, 3.05) is 20.1 Å². The third kappa shape index (κ3) is 4.01. The van der Waals surface area contributed by atoms with Crippen molar-refractivity contribution in [3.8, 4) is 0 Å². The summed E-state index contributed by atoms with van der Waals surface area (Å²) in [5.74, 6) is -0.141. The highest BCUT2D eigenvalue weighted by Gasteiger charge is 2.45. The van der Waals surface area contributed by atoms with E-state index in [1.54, 1.807) is 12.1 Å². The number of likely N-dealkylation sites (tertiary alicyclic amines) is 1. The van der Waals surface area contributed by atoms with Crippen LogP contribution >= 0.6 is 0 Å². The van der Waals surface area contributed by atoms with E-state index in [1.807, 2.05) is 42.5 Å². The lowest BCUT2D eigenvalue weighted by Crippen LogP contribution is -2.50. The van der Waals surface area contributed by atoms with Crippen molar-refractivity contribution in [2.24, 2.45) is 0 Å². The summed E-state index contributed by atoms with van der Waals surface area (Å²) in [6, 6.07) is 16.1. The fourth-order valence-corrected chi connectivity index (χ4v) is 4.34. The van der Waals surface area contributed by atoms with Crippen molar-refractivity contribution in [1.82, 2.24) is 5.32 Å². The Morgan fingerprint density at radius 1 is 1.07 bits per heavy atom. The molecule has 1 amide bonds. The van der Waals surface area contributed by atoms with Gasteiger partial charge in [-0.1, -0.05) is 42.5 Å². The first kappa shape index (κ1) is 19.0. The Bertz CT molecular complexity index is 816. The number of nitro benzene ring substituents is 1. The molecule has 2 aromatic carbocycles. The molecule has 2 atom stereocenters. The van der Waals surface area contributed by atoms with Gasteiger partial charge in [-0.2, -0.15) is 0 Å². The number of carbonyl (C=O) groups excluding carboxylic acids is 1. The molecule has 1 aliphatic heterocycles. The lowest BCUT2D eigenvalue weighted by Gasteiger charge is -2.42. The van der Waals surface area contributed by atoms with E-state index < -0.39 is 0 Å². The van der Waals surface area contributed by atoms with Crippen LogP contribution in [0.25, 0.3) is 0 Å². The van der Waals surface area contributed by atoms with Crippen LogP contribution < -0.4 is 5.32 Å². The summed E-state index contributed by atoms with van der Waals surface area (Å²) in [5, 5.41) is 14.8. The van der Waals surface area contributed by atoms with Crippen LogP contribution in [-0.4, -0.2) is 35.5 Å². The topological polar surface area (TPSA) is 72.2 Å². The molecule has 2 aromatic rings. The lowest BCUT2D eigenvalue weighted by atomic mass is 9.89. The summed E-state index contributed by atoms with van der Waals surface area (Å²) in [5.41, 5.74) is 1.75. The molecule has 0 bridgehead atoms. The molecule has 1 heterocycles. The maximum Gasteiger partial charge on any atom is 0.278 e. The standard InChI is InChI=1S/C21H25N3O3/c1-16(25)22-20(17-10-4-3-5-11-17)21(24(2)14-8-9-15-24)18-12-6-7-13-19(18)23(26)27/h3-7,10-13,20-21H,8-9,14-15H2,1-2H3/p+1/t20-,21?/m0/s1. The number of hydrogen-bond donors (Lipinski definition) is 1. The number of benzene rings is 2. The van der Waals surface area contributed by atoms with Crippen molar-refractivity contribution < 1.29 is 14.2 Å². The molecule has 6 nitrogen and oxygen atoms in total. The van der Waals surface area contributed by atoms with Gasteiger partial charge in [-0.15, -0.1) is 0 Å². The van der Waals surface area contributed by atoms with Crippen LogP contribution in [0.2, 0.25) is 0 Å². The van der Waals surface area contributed by atoms with E-state index in [2.05, 4.69) is 12.4 Å². The van der Waals surface area contributed by atoms with Gasteiger partial charge in [0.2, 0.25) is 5.91 Å². The van der Waals surface area contributed by atoms with Gasteiger partial charge in [0, 0.05) is 25.8 Å². The van der Waals surface area contributed by atoms with Crippen molar-refractivity contribution in [3.63, 3.8) is 0 Å². The molecule has 3 rings (SSSR count). The minimum absolute atomic E-state index is 0.111. The highest BCUT2D eigenvalue weighted by molar-refractivity contribution is 5.73. The first-order chi connectivity index (χ1) is 12.9. The van der Waals surface area contributed by atoms with Crippen LogP contribution in [0, 0.1) is 10.1 Å². The Balaban J connectivity index is 2.19. The summed E-state index contributed by atoms with van der Waals surface area (Å²) in [6.07, 6.45) is 2.16. The van der Waals surface area contributed by atoms with Gasteiger partial charge >= 0.3 is 0 Å². The minimum Gasteiger partial charge on any atom is -0.343 e. The zero-order valence-corrected chi connectivity index (χ0v) is 15.8. The van der Waals surface area contributed by atoms with Crippen LogP contribution in [-0.2, 0) is 4.79 Å². The Labute approximate surface area is 159 Å². The molecule has 27 heavy (non-hydrogen) atoms. The number of nitrogens with zero attached hydrogens (tertiary/aromatic N) is 2. The van der Waals surface area contributed by atoms with Gasteiger partial charge in [-0.05, 0) is 11.6 Å². The summed E-state index contributed by atoms with van der Waals surface area (Å²) < 4.78 is 0.671. The average molecular weight is 368 g/mol. The molecule has 1 N–H and O–H groups in total. The molecule has 1 unspecified atom stereocenters. The van der Waals surface area contributed by atoms with Gasteiger partial charge in [-0.3, -0.25) is 14.9 Å². The van der Waals surface area contributed by atoms with E-state index in [0.717, 1.165) is 31.5 Å². The van der Waals surface area contributed by atoms with Crippen LogP contribution in [0.15, 0.2) is 54.6 Å². The molecule has 6 heteroatoms. The summed E-state index contributed by atoms with van der Waals surface area (Å²) >= 11 is 0. The van der Waals surface area contributed by atoms with Crippen LogP contribution in [0.4, 0.5) is 5.69 Å². The molecular weight excluding hydrogens is 342 g/mol. The predicted octanol–water partition coefficient (Wildman–Crippen LogP) is 3.75. The number of nitrogens with one attached hydrogen (secondary N) is 1. The number of hydrogen-bond acceptors (Lipinski definition) is 3. The van der Waals surface area contributed by atoms with Crippen molar-refractivity contribution in [2.45, 2.75) is 31.8 Å². The molecule has 142 valence electrons. The quantitative estimate of drug-likeness (QED) is 0.479. The highest BCUT2D eigenvalue weighted by atomic mass is 16.6. The second-order valence-corrected chi connectivity index (χ2v) is 7.48. The summed E-state index contributed by atoms with van der Waals surface area (Å²) in [6.45, 7) is 3.36. The third-order valence-corrected chi connectivity index (χ3v) is 5.54. The van der Waals surface area contributed by atoms with Crippen molar-refractivity contribution >= 4 is 11.6 Å². The van der Waals surface area contributed by atoms with Gasteiger partial charge < -0.3 is 9.80 Å². The maximum atomic E-state index is 12.0. The molecule has 0 radical (unpaired) electrons. The van der Waals surface area contributed by atoms with Gasteiger partial charge in [-0.25, -0.2) is 0 Å². The lowest BCUT2D eigenvalue weighted by molar-refractivity contribution is -0.930. The second-order valence-electron chi connectivity index (χ2n) is 7.48. The van der Waals surface area contributed by atoms with Gasteiger partial charge in [0.1, 0.15) is 12.1 Å². The van der Waals surface area contributed by atoms with Gasteiger partial charge in [0.25, 0.3) is 5.69 Å². The van der Waals surface area contributed by atoms with Crippen LogP contribution in [0.5, 0.6) is 0 Å². The zero-order valence-electron chi connectivity index (χ0n) is 15.8. The number of amides is 1. The number of likely N-dealkylation sites (N-methyl/N-ethyl adjacent to an activating group) is 1. The molecular formula is C21H26N3O3+. The van der Waals surface area contributed by atoms with Crippen LogP contribution in [0.3, 0.4) is 0 Å². The average Bonchev–Trinajstić information content (AvgIpc) is 3.09. The van der Waals surface area contributed by atoms with E-state index in [-0.39, 0.29) is 28.6 Å². The largest absolute Gasteiger partial charge is 0.343 e. The molecule has 1 fully saturated rings. The normalized spacial score (nSPS) is 17.9. The van der Waals surface area contributed by atoms with E-state index in [0.29, 0.717) is 10.0 Å². The fourth-order valence-electron chi connectivity index (χ4n) is 4.34. The smallest absolute Gasteiger partial charge is 0.278 e. The Kier molecular flexibility index (Phi) is 5.56. The third-order valence-electron chi connectivity index (χ3n) is 5.54. The fraction of sp³-hybridized carbons (Fsp3) is 0.381. The summed E-state index contributed by atoms with van der Waals surface area (Å²) in [4.78, 5) is 23.5. The predicted molar refractivity (Wildman–Crippen MR) is 104 cm³/mol. The number of nitro groups is 1. The van der Waals surface area contributed by atoms with E-state index in [1.165, 1.54) is 6.92 Å². The first-order valence-corrected chi connectivity index (χ1v) is 9.32. The Hall–Kier alpha value is -2.73.